The van der Waals surface area contributed by atoms with E-state index in [2.05, 4.69) is 54.7 Å². The monoisotopic (exact) mass is 256 g/mol. The van der Waals surface area contributed by atoms with Crippen molar-refractivity contribution in [3.8, 4) is 5.75 Å². The largest absolute Gasteiger partial charge is 0.494 e. The molecule has 0 aliphatic rings. The van der Waals surface area contributed by atoms with Crippen molar-refractivity contribution >= 4 is 0 Å². The van der Waals surface area contributed by atoms with Gasteiger partial charge in [-0.15, -0.1) is 0 Å². The molecule has 0 amide bonds. The van der Waals surface area contributed by atoms with Crippen molar-refractivity contribution in [2.75, 3.05) is 6.61 Å². The van der Waals surface area contributed by atoms with Crippen LogP contribution in [0.15, 0.2) is 54.6 Å². The Labute approximate surface area is 115 Å². The summed E-state index contributed by atoms with van der Waals surface area (Å²) in [6, 6.07) is 19.4. The topological polar surface area (TPSA) is 25.8 Å². The fourth-order valence-electron chi connectivity index (χ4n) is 2.09. The van der Waals surface area contributed by atoms with E-state index in [1.807, 2.05) is 19.1 Å². The fourth-order valence-corrected chi connectivity index (χ4v) is 2.09. The van der Waals surface area contributed by atoms with Gasteiger partial charge in [0.1, 0.15) is 18.3 Å². The first-order valence-electron chi connectivity index (χ1n) is 6.89. The Morgan fingerprint density at radius 3 is 2.32 bits per heavy atom. The van der Waals surface area contributed by atoms with Gasteiger partial charge in [0.25, 0.3) is 0 Å². The smallest absolute Gasteiger partial charge is 0.119 e. The third-order valence-corrected chi connectivity index (χ3v) is 3.27. The second-order valence-corrected chi connectivity index (χ2v) is 4.72. The SMILES string of the molecule is CCOc1ccc(C[NH2+][C@@H](C)c2ccccc2)cc1. The molecule has 0 aromatic heterocycles. The zero-order chi connectivity index (χ0) is 13.5. The normalized spacial score (nSPS) is 12.1. The van der Waals surface area contributed by atoms with Gasteiger partial charge in [-0.25, -0.2) is 0 Å². The molecule has 2 aromatic carbocycles. The zero-order valence-electron chi connectivity index (χ0n) is 11.7. The number of benzene rings is 2. The molecule has 2 heteroatoms. The van der Waals surface area contributed by atoms with Gasteiger partial charge in [-0.05, 0) is 38.1 Å². The van der Waals surface area contributed by atoms with E-state index in [4.69, 9.17) is 4.74 Å². The van der Waals surface area contributed by atoms with Crippen molar-refractivity contribution in [3.05, 3.63) is 65.7 Å². The van der Waals surface area contributed by atoms with Crippen molar-refractivity contribution in [2.45, 2.75) is 26.4 Å². The molecule has 0 radical (unpaired) electrons. The Hall–Kier alpha value is -1.80. The number of hydrogen-bond donors (Lipinski definition) is 1. The molecule has 2 N–H and O–H groups in total. The average molecular weight is 256 g/mol. The highest BCUT2D eigenvalue weighted by atomic mass is 16.5. The number of hydrogen-bond acceptors (Lipinski definition) is 1. The van der Waals surface area contributed by atoms with Gasteiger partial charge in [-0.3, -0.25) is 0 Å². The number of ether oxygens (including phenoxy) is 1. The third kappa shape index (κ3) is 4.11. The van der Waals surface area contributed by atoms with Crippen LogP contribution in [0.25, 0.3) is 0 Å². The van der Waals surface area contributed by atoms with Crippen LogP contribution in [0.2, 0.25) is 0 Å². The summed E-state index contributed by atoms with van der Waals surface area (Å²) in [6.07, 6.45) is 0. The first kappa shape index (κ1) is 13.6. The van der Waals surface area contributed by atoms with Crippen LogP contribution in [0.1, 0.15) is 31.0 Å². The quantitative estimate of drug-likeness (QED) is 0.845. The van der Waals surface area contributed by atoms with E-state index in [9.17, 15) is 0 Å². The van der Waals surface area contributed by atoms with Crippen LogP contribution in [0.4, 0.5) is 0 Å². The van der Waals surface area contributed by atoms with Crippen molar-refractivity contribution in [3.63, 3.8) is 0 Å². The summed E-state index contributed by atoms with van der Waals surface area (Å²) >= 11 is 0. The Balaban J connectivity index is 1.88. The van der Waals surface area contributed by atoms with E-state index < -0.39 is 0 Å². The molecule has 0 spiro atoms. The lowest BCUT2D eigenvalue weighted by Gasteiger charge is -2.11. The van der Waals surface area contributed by atoms with Gasteiger partial charge < -0.3 is 10.1 Å². The molecule has 0 heterocycles. The van der Waals surface area contributed by atoms with Crippen LogP contribution in [0.5, 0.6) is 5.75 Å². The summed E-state index contributed by atoms with van der Waals surface area (Å²) in [5, 5.41) is 2.35. The number of quaternary nitrogens is 1. The minimum atomic E-state index is 0.479. The van der Waals surface area contributed by atoms with Crippen LogP contribution in [0, 0.1) is 0 Å². The van der Waals surface area contributed by atoms with E-state index in [0.29, 0.717) is 6.04 Å². The first-order valence-corrected chi connectivity index (χ1v) is 6.89. The highest BCUT2D eigenvalue weighted by molar-refractivity contribution is 5.26. The van der Waals surface area contributed by atoms with E-state index in [1.165, 1.54) is 11.1 Å². The van der Waals surface area contributed by atoms with E-state index in [0.717, 1.165) is 18.9 Å². The summed E-state index contributed by atoms with van der Waals surface area (Å²) in [7, 11) is 0. The summed E-state index contributed by atoms with van der Waals surface area (Å²) in [5.74, 6) is 0.947. The molecule has 0 fully saturated rings. The molecule has 0 unspecified atom stereocenters. The van der Waals surface area contributed by atoms with Crippen molar-refractivity contribution < 1.29 is 10.1 Å². The summed E-state index contributed by atoms with van der Waals surface area (Å²) < 4.78 is 5.45. The lowest BCUT2D eigenvalue weighted by molar-refractivity contribution is -0.707. The Kier molecular flexibility index (Phi) is 4.99. The lowest BCUT2D eigenvalue weighted by atomic mass is 10.1. The summed E-state index contributed by atoms with van der Waals surface area (Å²) in [6.45, 7) is 5.95. The lowest BCUT2D eigenvalue weighted by Crippen LogP contribution is -2.83. The predicted molar refractivity (Wildman–Crippen MR) is 78.1 cm³/mol. The molecule has 2 aromatic rings. The van der Waals surface area contributed by atoms with E-state index in [1.54, 1.807) is 0 Å². The molecule has 19 heavy (non-hydrogen) atoms. The van der Waals surface area contributed by atoms with Crippen LogP contribution >= 0.6 is 0 Å². The minimum Gasteiger partial charge on any atom is -0.494 e. The third-order valence-electron chi connectivity index (χ3n) is 3.27. The van der Waals surface area contributed by atoms with Crippen LogP contribution in [0.3, 0.4) is 0 Å². The van der Waals surface area contributed by atoms with Crippen molar-refractivity contribution in [1.82, 2.24) is 0 Å². The predicted octanol–water partition coefficient (Wildman–Crippen LogP) is 2.91. The van der Waals surface area contributed by atoms with Gasteiger partial charge in [0.15, 0.2) is 0 Å². The van der Waals surface area contributed by atoms with Gasteiger partial charge in [-0.2, -0.15) is 0 Å². The maximum Gasteiger partial charge on any atom is 0.119 e. The molecule has 0 aliphatic carbocycles. The van der Waals surface area contributed by atoms with Gasteiger partial charge in [0, 0.05) is 11.1 Å². The second kappa shape index (κ2) is 6.95. The number of rotatable bonds is 6. The van der Waals surface area contributed by atoms with Crippen LogP contribution in [-0.2, 0) is 6.54 Å². The summed E-state index contributed by atoms with van der Waals surface area (Å²) in [4.78, 5) is 0. The molecule has 2 nitrogen and oxygen atoms in total. The fraction of sp³-hybridized carbons (Fsp3) is 0.294. The standard InChI is InChI=1S/C17H21NO/c1-3-19-17-11-9-15(10-12-17)13-18-14(2)16-7-5-4-6-8-16/h4-12,14,18H,3,13H2,1-2H3/p+1/t14-/m0/s1. The molecule has 100 valence electrons. The van der Waals surface area contributed by atoms with Gasteiger partial charge in [-0.1, -0.05) is 30.3 Å². The van der Waals surface area contributed by atoms with E-state index >= 15 is 0 Å². The van der Waals surface area contributed by atoms with E-state index in [-0.39, 0.29) is 0 Å². The molecular formula is C17H22NO+. The van der Waals surface area contributed by atoms with Crippen LogP contribution in [-0.4, -0.2) is 6.61 Å². The highest BCUT2D eigenvalue weighted by Crippen LogP contribution is 2.12. The maximum absolute atomic E-state index is 5.45. The molecule has 0 saturated heterocycles. The second-order valence-electron chi connectivity index (χ2n) is 4.72. The molecule has 0 bridgehead atoms. The molecule has 0 saturated carbocycles. The summed E-state index contributed by atoms with van der Waals surface area (Å²) in [5.41, 5.74) is 2.69. The molecular weight excluding hydrogens is 234 g/mol. The van der Waals surface area contributed by atoms with Gasteiger partial charge in [0.2, 0.25) is 0 Å². The Morgan fingerprint density at radius 2 is 1.68 bits per heavy atom. The minimum absolute atomic E-state index is 0.479. The zero-order valence-corrected chi connectivity index (χ0v) is 11.7. The molecule has 0 aliphatic heterocycles. The van der Waals surface area contributed by atoms with Crippen molar-refractivity contribution in [2.24, 2.45) is 0 Å². The average Bonchev–Trinajstić information content (AvgIpc) is 2.47. The molecule has 1 atom stereocenters. The Bertz CT molecular complexity index is 478. The van der Waals surface area contributed by atoms with Gasteiger partial charge >= 0.3 is 0 Å². The molecule has 2 rings (SSSR count). The first-order chi connectivity index (χ1) is 9.29. The Morgan fingerprint density at radius 1 is 1.00 bits per heavy atom. The van der Waals surface area contributed by atoms with Crippen molar-refractivity contribution in [1.29, 1.82) is 0 Å². The van der Waals surface area contributed by atoms with Gasteiger partial charge in [0.05, 0.1) is 6.61 Å². The van der Waals surface area contributed by atoms with Crippen LogP contribution < -0.4 is 10.1 Å². The number of nitrogens with two attached hydrogens (primary N) is 1. The highest BCUT2D eigenvalue weighted by Gasteiger charge is 2.07. The maximum atomic E-state index is 5.45.